The van der Waals surface area contributed by atoms with Crippen LogP contribution in [-0.2, 0) is 80.5 Å². The first-order valence-electron chi connectivity index (χ1n) is 31.0. The minimum atomic E-state index is -1.02. The Morgan fingerprint density at radius 2 is 1.07 bits per heavy atom. The number of aliphatic carboxylic acids is 1. The molecule has 5 amide bonds. The first-order chi connectivity index (χ1) is 47.3. The van der Waals surface area contributed by atoms with Gasteiger partial charge in [-0.2, -0.15) is 10.2 Å². The molecule has 0 aliphatic carbocycles. The number of carbonyl (C=O) groups is 8. The summed E-state index contributed by atoms with van der Waals surface area (Å²) in [6, 6.07) is 27.9. The van der Waals surface area contributed by atoms with Gasteiger partial charge < -0.3 is 68.9 Å². The van der Waals surface area contributed by atoms with Crippen LogP contribution in [0, 0.1) is 33.7 Å². The van der Waals surface area contributed by atoms with Crippen LogP contribution in [0.3, 0.4) is 0 Å². The van der Waals surface area contributed by atoms with Gasteiger partial charge in [0, 0.05) is 77.3 Å². The maximum Gasteiger partial charge on any atom is 1.00 e. The van der Waals surface area contributed by atoms with Crippen molar-refractivity contribution in [3.63, 3.8) is 0 Å². The largest absolute Gasteiger partial charge is 1.00 e. The van der Waals surface area contributed by atoms with E-state index < -0.39 is 41.1 Å². The third-order valence-electron chi connectivity index (χ3n) is 16.4. The van der Waals surface area contributed by atoms with Crippen LogP contribution in [0.15, 0.2) is 103 Å². The number of ether oxygens (including phenoxy) is 3. The molecule has 3 aliphatic rings. The number of nitrogens with two attached hydrogens (primary N) is 3. The molecule has 0 saturated carbocycles. The summed E-state index contributed by atoms with van der Waals surface area (Å²) >= 11 is 22.4. The number of primary amides is 2. The number of ketones is 1. The number of halogens is 7. The quantitative estimate of drug-likeness (QED) is 0.0124. The van der Waals surface area contributed by atoms with Crippen LogP contribution in [0.25, 0.3) is 21.8 Å². The summed E-state index contributed by atoms with van der Waals surface area (Å²) in [6.07, 6.45) is 3.54. The van der Waals surface area contributed by atoms with E-state index in [1.54, 1.807) is 78.9 Å². The van der Waals surface area contributed by atoms with Gasteiger partial charge in [0.05, 0.1) is 84.7 Å². The Morgan fingerprint density at radius 3 is 1.45 bits per heavy atom. The number of fused-ring (bicyclic) bond motifs is 2. The molecule has 25 nitrogen and oxygen atoms in total. The third kappa shape index (κ3) is 27.4. The van der Waals surface area contributed by atoms with Gasteiger partial charge in [0.2, 0.25) is 17.7 Å². The average molecular weight is 1540 g/mol. The van der Waals surface area contributed by atoms with Gasteiger partial charge >= 0.3 is 109 Å². The van der Waals surface area contributed by atoms with Gasteiger partial charge in [-0.05, 0) is 61.6 Å². The van der Waals surface area contributed by atoms with Gasteiger partial charge in [-0.3, -0.25) is 47.7 Å². The van der Waals surface area contributed by atoms with Crippen LogP contribution < -0.4 is 141 Å². The van der Waals surface area contributed by atoms with Gasteiger partial charge in [-0.25, -0.2) is 13.2 Å². The second-order valence-electron chi connectivity index (χ2n) is 23.3. The Hall–Kier alpha value is -5.02. The summed E-state index contributed by atoms with van der Waals surface area (Å²) in [5, 5.41) is 35.0. The molecule has 0 atom stereocenters. The van der Waals surface area contributed by atoms with Gasteiger partial charge in [0.1, 0.15) is 36.3 Å². The maximum absolute atomic E-state index is 14.2. The molecule has 538 valence electrons. The van der Waals surface area contributed by atoms with Gasteiger partial charge in [-0.15, -0.1) is 11.6 Å². The van der Waals surface area contributed by atoms with Crippen molar-refractivity contribution >= 4 is 116 Å². The Bertz CT molecular complexity index is 3890. The second kappa shape index (κ2) is 45.4. The number of Topliss-reactive ketones (excluding diaryl/α,β-unsaturated/α-hetero) is 1. The molecule has 10 rings (SSSR count). The summed E-state index contributed by atoms with van der Waals surface area (Å²) in [7, 11) is 0. The number of nitrogens with zero attached hydrogens (tertiary/aromatic N) is 5. The maximum atomic E-state index is 14.2. The molecule has 0 radical (unpaired) electrons. The molecule has 5 heterocycles. The van der Waals surface area contributed by atoms with Crippen LogP contribution in [0.1, 0.15) is 85.5 Å². The number of hydrogen-bond acceptors (Lipinski definition) is 17. The molecule has 5 aromatic carbocycles. The molecular weight excluding hydrogens is 1460 g/mol. The summed E-state index contributed by atoms with van der Waals surface area (Å²) in [6.45, 7) is 11.7. The number of hydrogen-bond donors (Lipinski definition) is 7. The van der Waals surface area contributed by atoms with E-state index in [-0.39, 0.29) is 223 Å². The number of alkyl halides is 1. The molecule has 7 aromatic rings. The van der Waals surface area contributed by atoms with Crippen LogP contribution >= 0.6 is 46.4 Å². The molecule has 3 aliphatic heterocycles. The number of rotatable bonds is 27. The van der Waals surface area contributed by atoms with Crippen LogP contribution in [-0.4, -0.2) is 156 Å². The molecular formula is C67H80Cl4F3K2N11O14. The first kappa shape index (κ1) is 90.2. The van der Waals surface area contributed by atoms with Crippen molar-refractivity contribution in [1.82, 2.24) is 40.4 Å². The Kier molecular flexibility index (Phi) is 40.5. The Labute approximate surface area is 688 Å². The fraction of sp³-hybridized carbons (Fsp3) is 0.403. The van der Waals surface area contributed by atoms with Crippen molar-refractivity contribution in [3.05, 3.63) is 164 Å². The Morgan fingerprint density at radius 1 is 0.653 bits per heavy atom. The van der Waals surface area contributed by atoms with Crippen molar-refractivity contribution in [2.75, 3.05) is 78.2 Å². The number of carboxylic acid groups (broad SMARTS) is 1. The SMILES string of the molecule is CCC1(CN(CC(=O)NCc2cccc(Cl)c2F)C(=O)Cn2nc(C(N)=O)c3ccccc32)COC1.CCC1(CN)COC1.CCC1(CNCC(=O)NCc2cccc(Cl)c2F)COC1.NC(=O)c1nn(CC(=O)O)c2ccccc12.O=C(CCl)CCc1cccc(Cl)c1F.O=CO[O-].[H-].[K+].[K+]. The zero-order chi connectivity index (χ0) is 72.9. The van der Waals surface area contributed by atoms with Gasteiger partial charge in [0.15, 0.2) is 11.4 Å². The summed E-state index contributed by atoms with van der Waals surface area (Å²) in [5.41, 5.74) is 18.8. The van der Waals surface area contributed by atoms with E-state index in [4.69, 9.17) is 93.0 Å². The normalized spacial score (nSPS) is 13.7. The number of benzene rings is 5. The zero-order valence-corrected chi connectivity index (χ0v) is 65.9. The second-order valence-corrected chi connectivity index (χ2v) is 24.8. The van der Waals surface area contributed by atoms with Crippen molar-refractivity contribution in [3.8, 4) is 0 Å². The van der Waals surface area contributed by atoms with E-state index in [2.05, 4.69) is 44.9 Å². The number of aryl methyl sites for hydroxylation is 1. The number of aromatic nitrogens is 4. The number of carbonyl (C=O) groups excluding carboxylic acids is 7. The van der Waals surface area contributed by atoms with E-state index in [0.29, 0.717) is 64.5 Å². The molecule has 3 saturated heterocycles. The molecule has 10 N–H and O–H groups in total. The molecule has 3 fully saturated rings. The zero-order valence-electron chi connectivity index (χ0n) is 57.6. The van der Waals surface area contributed by atoms with Crippen molar-refractivity contribution in [2.45, 2.75) is 79.1 Å². The van der Waals surface area contributed by atoms with E-state index >= 15 is 0 Å². The van der Waals surface area contributed by atoms with E-state index in [1.165, 1.54) is 38.5 Å². The third-order valence-corrected chi connectivity index (χ3v) is 17.6. The Balaban J connectivity index is 0.000000458. The van der Waals surface area contributed by atoms with Crippen molar-refractivity contribution in [2.24, 2.45) is 33.4 Å². The first-order valence-corrected chi connectivity index (χ1v) is 32.7. The fourth-order valence-corrected chi connectivity index (χ4v) is 10.6. The number of amides is 5. The molecule has 101 heavy (non-hydrogen) atoms. The van der Waals surface area contributed by atoms with Crippen molar-refractivity contribution < 1.29 is 185 Å². The van der Waals surface area contributed by atoms with E-state index in [1.807, 2.05) is 6.92 Å². The molecule has 34 heteroatoms. The number of carboxylic acids is 1. The predicted molar refractivity (Wildman–Crippen MR) is 364 cm³/mol. The summed E-state index contributed by atoms with van der Waals surface area (Å²) in [4.78, 5) is 95.1. The minimum absolute atomic E-state index is 0. The number of para-hydroxylation sites is 2. The van der Waals surface area contributed by atoms with E-state index in [9.17, 15) is 46.7 Å². The predicted octanol–water partition coefficient (Wildman–Crippen LogP) is 0.977. The minimum Gasteiger partial charge on any atom is -1.00 e. The van der Waals surface area contributed by atoms with Crippen LogP contribution in [0.2, 0.25) is 15.1 Å². The topological polar surface area (TPSA) is 370 Å². The number of nitrogens with one attached hydrogen (secondary N) is 3. The van der Waals surface area contributed by atoms with Crippen LogP contribution in [0.4, 0.5) is 13.2 Å². The fourth-order valence-electron chi connectivity index (χ4n) is 9.90. The molecule has 0 bridgehead atoms. The molecule has 2 aromatic heterocycles. The van der Waals surface area contributed by atoms with Crippen LogP contribution in [0.5, 0.6) is 0 Å². The average Bonchev–Trinajstić information content (AvgIpc) is 1.69. The molecule has 0 spiro atoms. The van der Waals surface area contributed by atoms with Gasteiger partial charge in [0.25, 0.3) is 18.3 Å². The monoisotopic (exact) mass is 1540 g/mol. The summed E-state index contributed by atoms with van der Waals surface area (Å²) in [5.74, 6) is -5.00. The van der Waals surface area contributed by atoms with Gasteiger partial charge in [-0.1, -0.05) is 128 Å². The van der Waals surface area contributed by atoms with E-state index in [0.717, 1.165) is 58.8 Å². The van der Waals surface area contributed by atoms with Crippen molar-refractivity contribution in [1.29, 1.82) is 0 Å². The summed E-state index contributed by atoms with van der Waals surface area (Å²) < 4.78 is 59.4. The molecule has 0 unspecified atom stereocenters. The standard InChI is InChI=1S/C25H27ClFN5O4.C15H20ClFN2O2.C10H9Cl2FO.C10H9N3O3.C6H13NO.CH2O3.2K.H/c1-2-25(14-36-15-25)13-31(11-20(33)29-10-16-6-5-8-18(26)22(16)27)21(34)12-32-19-9-4-3-7-17(19)23(30-32)24(28)35;1-2-15(9-21-10-15)8-18-7-13(20)19-6-11-4-3-5-12(16)14(11)17;11-6-8(14)5-4-7-2-1-3-9(12)10(7)13;11-10(16)9-6-3-1-2-4-7(6)13(12-9)5-8(14)15;1-2-6(3-7)4-8-5-6;2-1-4-3;;;/h3-9H,2,10-15H2,1H3,(H2,28,35)(H,29,33);3-5,18H,2,6-10H2,1H3,(H,19,20);1-3H,4-6H2;1-4H,5H2,(H2,11,16)(H,14,15);2-5,7H2,1H3;1,3H;;;/q;;;;;;2*+1;-1/p-1. The smallest absolute Gasteiger partial charge is 1.00 e.